The van der Waals surface area contributed by atoms with Gasteiger partial charge in [0.15, 0.2) is 5.17 Å². The lowest BCUT2D eigenvalue weighted by molar-refractivity contribution is -0.117. The fraction of sp³-hybridized carbons (Fsp3) is 0.571. The SMILES string of the molecule is CCCNC(=O)NC(=O)CSC(N)=NN. The number of amides is 3. The predicted octanol–water partition coefficient (Wildman–Crippen LogP) is -0.856. The standard InChI is InChI=1S/C7H15N5O2S/c1-2-3-10-7(14)11-5(13)4-15-6(8)12-9/h2-4,9H2,1H3,(H2,8,12)(H2,10,11,13,14). The molecular weight excluding hydrogens is 218 g/mol. The van der Waals surface area contributed by atoms with Crippen LogP contribution in [0.1, 0.15) is 13.3 Å². The Morgan fingerprint density at radius 1 is 1.47 bits per heavy atom. The van der Waals surface area contributed by atoms with Crippen LogP contribution in [0.25, 0.3) is 0 Å². The van der Waals surface area contributed by atoms with Gasteiger partial charge in [0.25, 0.3) is 0 Å². The topological polar surface area (TPSA) is 123 Å². The average Bonchev–Trinajstić information content (AvgIpc) is 2.22. The van der Waals surface area contributed by atoms with Gasteiger partial charge in [-0.2, -0.15) is 5.10 Å². The van der Waals surface area contributed by atoms with E-state index in [1.54, 1.807) is 0 Å². The van der Waals surface area contributed by atoms with E-state index in [2.05, 4.69) is 15.7 Å². The lowest BCUT2D eigenvalue weighted by Gasteiger charge is -2.04. The van der Waals surface area contributed by atoms with Gasteiger partial charge in [0.1, 0.15) is 0 Å². The maximum Gasteiger partial charge on any atom is 0.321 e. The van der Waals surface area contributed by atoms with Crippen LogP contribution < -0.4 is 22.2 Å². The molecule has 0 aromatic rings. The van der Waals surface area contributed by atoms with Crippen LogP contribution in [-0.2, 0) is 4.79 Å². The van der Waals surface area contributed by atoms with Crippen LogP contribution in [0.3, 0.4) is 0 Å². The first-order valence-corrected chi connectivity index (χ1v) is 5.32. The number of rotatable bonds is 4. The van der Waals surface area contributed by atoms with E-state index in [1.165, 1.54) is 0 Å². The fourth-order valence-electron chi connectivity index (χ4n) is 0.622. The van der Waals surface area contributed by atoms with Crippen LogP contribution in [0.2, 0.25) is 0 Å². The average molecular weight is 233 g/mol. The molecule has 0 aliphatic rings. The second-order valence-corrected chi connectivity index (χ2v) is 3.56. The summed E-state index contributed by atoms with van der Waals surface area (Å²) in [5, 5.41) is 7.89. The van der Waals surface area contributed by atoms with Crippen molar-refractivity contribution in [2.24, 2.45) is 16.7 Å². The molecule has 0 aromatic heterocycles. The zero-order chi connectivity index (χ0) is 11.7. The number of carbonyl (C=O) groups excluding carboxylic acids is 2. The molecule has 8 heteroatoms. The number of nitrogens with one attached hydrogen (secondary N) is 2. The molecule has 15 heavy (non-hydrogen) atoms. The molecule has 0 fully saturated rings. The smallest absolute Gasteiger partial charge is 0.321 e. The van der Waals surface area contributed by atoms with Gasteiger partial charge in [-0.05, 0) is 6.42 Å². The van der Waals surface area contributed by atoms with Crippen LogP contribution >= 0.6 is 11.8 Å². The summed E-state index contributed by atoms with van der Waals surface area (Å²) >= 11 is 0.961. The first-order valence-electron chi connectivity index (χ1n) is 4.34. The van der Waals surface area contributed by atoms with Gasteiger partial charge >= 0.3 is 6.03 Å². The van der Waals surface area contributed by atoms with E-state index in [-0.39, 0.29) is 10.9 Å². The van der Waals surface area contributed by atoms with E-state index in [9.17, 15) is 9.59 Å². The molecule has 0 radical (unpaired) electrons. The highest BCUT2D eigenvalue weighted by Crippen LogP contribution is 1.97. The van der Waals surface area contributed by atoms with Crippen molar-refractivity contribution >= 4 is 28.9 Å². The van der Waals surface area contributed by atoms with Crippen LogP contribution in [0.5, 0.6) is 0 Å². The number of hydrogen-bond donors (Lipinski definition) is 4. The van der Waals surface area contributed by atoms with Gasteiger partial charge in [0.2, 0.25) is 5.91 Å². The highest BCUT2D eigenvalue weighted by Gasteiger charge is 2.07. The molecule has 0 aromatic carbocycles. The van der Waals surface area contributed by atoms with E-state index in [0.29, 0.717) is 6.54 Å². The molecule has 0 aliphatic carbocycles. The van der Waals surface area contributed by atoms with Crippen molar-refractivity contribution in [1.29, 1.82) is 0 Å². The molecule has 0 bridgehead atoms. The monoisotopic (exact) mass is 233 g/mol. The fourth-order valence-corrected chi connectivity index (χ4v) is 1.05. The summed E-state index contributed by atoms with van der Waals surface area (Å²) in [6.45, 7) is 2.44. The van der Waals surface area contributed by atoms with Crippen molar-refractivity contribution in [2.45, 2.75) is 13.3 Å². The highest BCUT2D eigenvalue weighted by molar-refractivity contribution is 8.14. The molecule has 0 atom stereocenters. The third kappa shape index (κ3) is 7.62. The van der Waals surface area contributed by atoms with Crippen molar-refractivity contribution < 1.29 is 9.59 Å². The second-order valence-electron chi connectivity index (χ2n) is 2.56. The molecule has 0 heterocycles. The van der Waals surface area contributed by atoms with E-state index in [4.69, 9.17) is 11.6 Å². The summed E-state index contributed by atoms with van der Waals surface area (Å²) in [4.78, 5) is 22.1. The molecule has 0 unspecified atom stereocenters. The number of nitrogens with two attached hydrogens (primary N) is 2. The Kier molecular flexibility index (Phi) is 7.16. The van der Waals surface area contributed by atoms with Gasteiger partial charge in [-0.25, -0.2) is 4.79 Å². The number of carbonyl (C=O) groups is 2. The summed E-state index contributed by atoms with van der Waals surface area (Å²) < 4.78 is 0. The van der Waals surface area contributed by atoms with Gasteiger partial charge < -0.3 is 16.9 Å². The third-order valence-corrected chi connectivity index (χ3v) is 2.07. The minimum absolute atomic E-state index is 0.00603. The molecule has 86 valence electrons. The van der Waals surface area contributed by atoms with Crippen molar-refractivity contribution in [3.05, 3.63) is 0 Å². The molecule has 0 saturated heterocycles. The number of urea groups is 1. The second kappa shape index (κ2) is 7.92. The quantitative estimate of drug-likeness (QED) is 0.218. The number of nitrogens with zero attached hydrogens (tertiary/aromatic N) is 1. The first-order chi connectivity index (χ1) is 7.10. The van der Waals surface area contributed by atoms with Crippen molar-refractivity contribution in [1.82, 2.24) is 10.6 Å². The highest BCUT2D eigenvalue weighted by atomic mass is 32.2. The maximum absolute atomic E-state index is 11.1. The Morgan fingerprint density at radius 2 is 2.13 bits per heavy atom. The summed E-state index contributed by atoms with van der Waals surface area (Å²) in [6.07, 6.45) is 0.809. The number of amidine groups is 1. The van der Waals surface area contributed by atoms with E-state index in [0.717, 1.165) is 18.2 Å². The zero-order valence-corrected chi connectivity index (χ0v) is 9.26. The molecule has 0 aliphatic heterocycles. The Morgan fingerprint density at radius 3 is 2.67 bits per heavy atom. The molecular formula is C7H15N5O2S. The minimum atomic E-state index is -0.509. The van der Waals surface area contributed by atoms with E-state index in [1.807, 2.05) is 6.92 Å². The summed E-state index contributed by atoms with van der Waals surface area (Å²) in [6, 6.07) is -0.509. The van der Waals surface area contributed by atoms with Gasteiger partial charge in [0.05, 0.1) is 5.75 Å². The van der Waals surface area contributed by atoms with Crippen LogP contribution in [-0.4, -0.2) is 29.4 Å². The number of hydrogen-bond acceptors (Lipinski definition) is 5. The van der Waals surface area contributed by atoms with Gasteiger partial charge in [-0.15, -0.1) is 0 Å². The minimum Gasteiger partial charge on any atom is -0.377 e. The lowest BCUT2D eigenvalue weighted by Crippen LogP contribution is -2.40. The van der Waals surface area contributed by atoms with Gasteiger partial charge in [0, 0.05) is 6.54 Å². The van der Waals surface area contributed by atoms with Gasteiger partial charge in [-0.3, -0.25) is 10.1 Å². The number of hydrazone groups is 1. The van der Waals surface area contributed by atoms with Crippen LogP contribution in [0, 0.1) is 0 Å². The van der Waals surface area contributed by atoms with E-state index < -0.39 is 11.9 Å². The predicted molar refractivity (Wildman–Crippen MR) is 60.1 cm³/mol. The molecule has 0 rings (SSSR count). The first kappa shape index (κ1) is 13.6. The molecule has 3 amide bonds. The Balaban J connectivity index is 3.69. The molecule has 6 N–H and O–H groups in total. The van der Waals surface area contributed by atoms with Crippen LogP contribution in [0.4, 0.5) is 4.79 Å². The lowest BCUT2D eigenvalue weighted by atomic mass is 10.5. The summed E-state index contributed by atoms with van der Waals surface area (Å²) in [5.74, 6) is 4.42. The maximum atomic E-state index is 11.1. The molecule has 0 spiro atoms. The number of thioether (sulfide) groups is 1. The largest absolute Gasteiger partial charge is 0.377 e. The zero-order valence-electron chi connectivity index (χ0n) is 8.45. The Bertz CT molecular complexity index is 256. The van der Waals surface area contributed by atoms with Crippen LogP contribution in [0.15, 0.2) is 5.10 Å². The van der Waals surface area contributed by atoms with E-state index >= 15 is 0 Å². The van der Waals surface area contributed by atoms with Crippen molar-refractivity contribution in [3.63, 3.8) is 0 Å². The van der Waals surface area contributed by atoms with Crippen molar-refractivity contribution in [2.75, 3.05) is 12.3 Å². The number of imide groups is 1. The normalized spacial score (nSPS) is 10.9. The van der Waals surface area contributed by atoms with Gasteiger partial charge in [-0.1, -0.05) is 18.7 Å². The molecule has 0 saturated carbocycles. The van der Waals surface area contributed by atoms with Crippen molar-refractivity contribution in [3.8, 4) is 0 Å². The summed E-state index contributed by atoms with van der Waals surface area (Å²) in [7, 11) is 0. The molecule has 7 nitrogen and oxygen atoms in total. The Labute approximate surface area is 92.0 Å². The summed E-state index contributed by atoms with van der Waals surface area (Å²) in [5.41, 5.74) is 5.24. The Hall–Kier alpha value is -1.44. The third-order valence-electron chi connectivity index (χ3n) is 1.27.